The SMILES string of the molecule is N#C[S-].[Cs+]. The van der Waals surface area contributed by atoms with Crippen molar-refractivity contribution in [3.63, 3.8) is 0 Å². The van der Waals surface area contributed by atoms with E-state index in [9.17, 15) is 0 Å². The van der Waals surface area contributed by atoms with E-state index in [4.69, 9.17) is 5.26 Å². The number of nitrogens with zero attached hydrogens (tertiary/aromatic N) is 1. The van der Waals surface area contributed by atoms with Crippen LogP contribution in [0.1, 0.15) is 0 Å². The number of thiocyanates is 1. The molecule has 0 amide bonds. The van der Waals surface area contributed by atoms with Crippen molar-refractivity contribution in [2.24, 2.45) is 0 Å². The molecule has 0 atom stereocenters. The fourth-order valence-corrected chi connectivity index (χ4v) is 0. The fraction of sp³-hybridized carbons (Fsp3) is 0. The van der Waals surface area contributed by atoms with Gasteiger partial charge in [0.2, 0.25) is 0 Å². The van der Waals surface area contributed by atoms with Crippen LogP contribution < -0.4 is 68.9 Å². The smallest absolute Gasteiger partial charge is 0.696 e. The summed E-state index contributed by atoms with van der Waals surface area (Å²) >= 11 is 3.70. The van der Waals surface area contributed by atoms with Crippen LogP contribution in [0, 0.1) is 10.7 Å². The molecule has 0 fully saturated rings. The minimum Gasteiger partial charge on any atom is -0.696 e. The molecule has 0 saturated heterocycles. The molecule has 0 heterocycles. The third-order valence-corrected chi connectivity index (χ3v) is 0. The molecule has 1 nitrogen and oxygen atoms in total. The van der Waals surface area contributed by atoms with E-state index < -0.39 is 0 Å². The van der Waals surface area contributed by atoms with Crippen molar-refractivity contribution in [2.45, 2.75) is 0 Å². The monoisotopic (exact) mass is 191 g/mol. The summed E-state index contributed by atoms with van der Waals surface area (Å²) in [4.78, 5) is 0. The van der Waals surface area contributed by atoms with Crippen molar-refractivity contribution in [3.8, 4) is 5.40 Å². The van der Waals surface area contributed by atoms with Crippen LogP contribution in [0.4, 0.5) is 0 Å². The Hall–Kier alpha value is 1.76. The van der Waals surface area contributed by atoms with Crippen LogP contribution in [0.5, 0.6) is 0 Å². The standard InChI is InChI=1S/CHNS.Cs/c2-1-3;/h3H;/q;+1/p-1. The van der Waals surface area contributed by atoms with Crippen molar-refractivity contribution in [2.75, 3.05) is 0 Å². The van der Waals surface area contributed by atoms with Crippen LogP contribution in [0.15, 0.2) is 0 Å². The van der Waals surface area contributed by atoms with E-state index in [0.717, 1.165) is 0 Å². The molecule has 0 aromatic rings. The summed E-state index contributed by atoms with van der Waals surface area (Å²) in [7, 11) is 0. The van der Waals surface area contributed by atoms with Gasteiger partial charge in [-0.25, -0.2) is 5.26 Å². The van der Waals surface area contributed by atoms with E-state index in [1.807, 2.05) is 0 Å². The molecular weight excluding hydrogens is 191 g/mol. The van der Waals surface area contributed by atoms with Crippen LogP contribution in [0.3, 0.4) is 0 Å². The molecule has 0 aromatic carbocycles. The second-order valence-corrected chi connectivity index (χ2v) is 0.274. The molecular formula is CCsNS. The summed E-state index contributed by atoms with van der Waals surface area (Å²) in [6.45, 7) is 0. The zero-order chi connectivity index (χ0) is 2.71. The molecule has 3 heteroatoms. The first-order chi connectivity index (χ1) is 1.41. The van der Waals surface area contributed by atoms with Gasteiger partial charge in [0.25, 0.3) is 0 Å². The van der Waals surface area contributed by atoms with Gasteiger partial charge in [0.15, 0.2) is 0 Å². The van der Waals surface area contributed by atoms with Crippen molar-refractivity contribution in [1.82, 2.24) is 0 Å². The van der Waals surface area contributed by atoms with E-state index in [1.54, 1.807) is 0 Å². The molecule has 0 spiro atoms. The van der Waals surface area contributed by atoms with Gasteiger partial charge in [-0.3, -0.25) is 0 Å². The first-order valence-corrected chi connectivity index (χ1v) is 0.836. The normalized spacial score (nSPS) is 1.75. The zero-order valence-corrected chi connectivity index (χ0v) is 9.45. The molecule has 0 rings (SSSR count). The van der Waals surface area contributed by atoms with Crippen LogP contribution in [0.2, 0.25) is 0 Å². The van der Waals surface area contributed by atoms with Gasteiger partial charge >= 0.3 is 68.9 Å². The maximum absolute atomic E-state index is 7.13. The van der Waals surface area contributed by atoms with Crippen LogP contribution in [0.25, 0.3) is 0 Å². The molecule has 0 aromatic heterocycles. The molecule has 0 saturated carbocycles. The Morgan fingerprint density at radius 3 is 1.75 bits per heavy atom. The van der Waals surface area contributed by atoms with Gasteiger partial charge in [0.05, 0.1) is 0 Å². The molecule has 0 aliphatic rings. The number of nitriles is 1. The summed E-state index contributed by atoms with van der Waals surface area (Å²) in [5, 5.41) is 8.47. The van der Waals surface area contributed by atoms with Gasteiger partial charge in [-0.1, -0.05) is 5.40 Å². The summed E-state index contributed by atoms with van der Waals surface area (Å²) < 4.78 is 0. The summed E-state index contributed by atoms with van der Waals surface area (Å²) in [5.41, 5.74) is 0. The van der Waals surface area contributed by atoms with Crippen molar-refractivity contribution in [3.05, 3.63) is 0 Å². The Morgan fingerprint density at radius 2 is 1.75 bits per heavy atom. The number of hydrogen-bond acceptors (Lipinski definition) is 2. The molecule has 16 valence electrons. The molecule has 0 aliphatic heterocycles. The van der Waals surface area contributed by atoms with Crippen LogP contribution >= 0.6 is 0 Å². The van der Waals surface area contributed by atoms with E-state index in [2.05, 4.69) is 12.6 Å². The van der Waals surface area contributed by atoms with Gasteiger partial charge < -0.3 is 12.6 Å². The molecule has 0 unspecified atom stereocenters. The van der Waals surface area contributed by atoms with E-state index in [0.29, 0.717) is 0 Å². The minimum atomic E-state index is 0. The average Bonchev–Trinajstić information content (AvgIpc) is 0.918. The maximum Gasteiger partial charge on any atom is 1.00 e. The third kappa shape index (κ3) is 9.24. The van der Waals surface area contributed by atoms with E-state index in [-0.39, 0.29) is 68.9 Å². The van der Waals surface area contributed by atoms with Crippen LogP contribution in [-0.4, -0.2) is 0 Å². The Bertz CT molecular complexity index is 29.5. The van der Waals surface area contributed by atoms with Gasteiger partial charge in [0, 0.05) is 0 Å². The maximum atomic E-state index is 7.13. The average molecular weight is 191 g/mol. The number of rotatable bonds is 0. The Kier molecular flexibility index (Phi) is 20.4. The van der Waals surface area contributed by atoms with E-state index >= 15 is 0 Å². The van der Waals surface area contributed by atoms with Gasteiger partial charge in [-0.05, 0) is 0 Å². The topological polar surface area (TPSA) is 23.8 Å². The minimum absolute atomic E-state index is 0. The zero-order valence-electron chi connectivity index (χ0n) is 2.36. The molecule has 0 radical (unpaired) electrons. The fourth-order valence-electron chi connectivity index (χ4n) is 0. The quantitative estimate of drug-likeness (QED) is 0.301. The third-order valence-electron chi connectivity index (χ3n) is 0. The molecule has 0 bridgehead atoms. The van der Waals surface area contributed by atoms with Crippen LogP contribution in [-0.2, 0) is 12.6 Å². The molecule has 0 N–H and O–H groups in total. The van der Waals surface area contributed by atoms with Crippen molar-refractivity contribution in [1.29, 1.82) is 5.26 Å². The van der Waals surface area contributed by atoms with E-state index in [1.165, 1.54) is 5.40 Å². The first kappa shape index (κ1) is 9.23. The first-order valence-electron chi connectivity index (χ1n) is 0.428. The predicted octanol–water partition coefficient (Wildman–Crippen LogP) is -2.98. The summed E-state index contributed by atoms with van der Waals surface area (Å²) in [5.74, 6) is 0. The molecule has 0 aliphatic carbocycles. The molecule has 4 heavy (non-hydrogen) atoms. The van der Waals surface area contributed by atoms with Gasteiger partial charge in [-0.2, -0.15) is 0 Å². The summed E-state index contributed by atoms with van der Waals surface area (Å²) in [6.07, 6.45) is 0. The Labute approximate surface area is 89.6 Å². The summed E-state index contributed by atoms with van der Waals surface area (Å²) in [6, 6.07) is 0. The second-order valence-electron chi connectivity index (χ2n) is 0.0913. The second kappa shape index (κ2) is 8.83. The van der Waals surface area contributed by atoms with Crippen molar-refractivity contribution < 1.29 is 68.9 Å². The Balaban J connectivity index is 0. The van der Waals surface area contributed by atoms with Crippen molar-refractivity contribution >= 4 is 12.6 Å². The Morgan fingerprint density at radius 1 is 1.75 bits per heavy atom. The number of hydrogen-bond donors (Lipinski definition) is 0. The predicted molar refractivity (Wildman–Crippen MR) is 13.0 cm³/mol. The van der Waals surface area contributed by atoms with Gasteiger partial charge in [-0.15, -0.1) is 0 Å². The largest absolute Gasteiger partial charge is 1.00 e. The van der Waals surface area contributed by atoms with Gasteiger partial charge in [0.1, 0.15) is 0 Å².